The van der Waals surface area contributed by atoms with Crippen molar-refractivity contribution in [3.63, 3.8) is 0 Å². The molecule has 1 aliphatic carbocycles. The van der Waals surface area contributed by atoms with Gasteiger partial charge in [0.1, 0.15) is 0 Å². The number of hydrogen-bond acceptors (Lipinski definition) is 2. The summed E-state index contributed by atoms with van der Waals surface area (Å²) < 4.78 is -0.320. The van der Waals surface area contributed by atoms with Gasteiger partial charge in [0.25, 0.3) is 0 Å². The molecule has 0 bridgehead atoms. The number of allylic oxidation sites excluding steroid dienone is 4. The Labute approximate surface area is 105 Å². The van der Waals surface area contributed by atoms with E-state index >= 15 is 0 Å². The van der Waals surface area contributed by atoms with Crippen molar-refractivity contribution in [2.45, 2.75) is 37.4 Å². The second kappa shape index (κ2) is 5.32. The summed E-state index contributed by atoms with van der Waals surface area (Å²) in [6.07, 6.45) is 6.20. The number of hydrogen-bond donors (Lipinski definition) is 0. The Hall–Kier alpha value is -1.06. The van der Waals surface area contributed by atoms with E-state index in [0.29, 0.717) is 6.42 Å². The monoisotopic (exact) mass is 278 g/mol. The Morgan fingerprint density at radius 2 is 2.12 bits per heavy atom. The highest BCUT2D eigenvalue weighted by Crippen LogP contribution is 2.42. The third-order valence-electron chi connectivity index (χ3n) is 3.10. The molecule has 0 spiro atoms. The molecule has 16 heavy (non-hydrogen) atoms. The highest BCUT2D eigenvalue weighted by molar-refractivity contribution is 9.10. The van der Waals surface area contributed by atoms with E-state index in [0.717, 1.165) is 24.0 Å². The van der Waals surface area contributed by atoms with Crippen molar-refractivity contribution >= 4 is 15.9 Å². The fraction of sp³-hybridized carbons (Fsp3) is 0.538. The summed E-state index contributed by atoms with van der Waals surface area (Å²) in [6.45, 7) is 4.09. The Morgan fingerprint density at radius 1 is 1.44 bits per heavy atom. The summed E-state index contributed by atoms with van der Waals surface area (Å²) >= 11 is 3.63. The van der Waals surface area contributed by atoms with Gasteiger partial charge in [-0.25, -0.2) is 0 Å². The first-order chi connectivity index (χ1) is 7.62. The lowest BCUT2D eigenvalue weighted by molar-refractivity contribution is 0.673. The summed E-state index contributed by atoms with van der Waals surface area (Å²) in [6, 6.07) is 4.49. The van der Waals surface area contributed by atoms with Gasteiger partial charge >= 0.3 is 0 Å². The lowest BCUT2D eigenvalue weighted by Gasteiger charge is -2.31. The van der Waals surface area contributed by atoms with Crippen LogP contribution in [0.3, 0.4) is 0 Å². The summed E-state index contributed by atoms with van der Waals surface area (Å²) in [5.74, 6) is 0.113. The van der Waals surface area contributed by atoms with Gasteiger partial charge < -0.3 is 0 Å². The van der Waals surface area contributed by atoms with Crippen LogP contribution >= 0.6 is 15.9 Å². The van der Waals surface area contributed by atoms with Crippen LogP contribution in [0.5, 0.6) is 0 Å². The first-order valence-electron chi connectivity index (χ1n) is 5.51. The molecule has 84 valence electrons. The summed E-state index contributed by atoms with van der Waals surface area (Å²) in [4.78, 5) is 0. The van der Waals surface area contributed by atoms with Crippen LogP contribution in [0.15, 0.2) is 23.3 Å². The molecule has 0 aromatic heterocycles. The van der Waals surface area contributed by atoms with Gasteiger partial charge in [-0.05, 0) is 18.4 Å². The van der Waals surface area contributed by atoms with E-state index in [-0.39, 0.29) is 10.2 Å². The maximum absolute atomic E-state index is 9.29. The van der Waals surface area contributed by atoms with E-state index in [9.17, 15) is 5.26 Å². The first-order valence-corrected chi connectivity index (χ1v) is 6.31. The summed E-state index contributed by atoms with van der Waals surface area (Å²) in [7, 11) is 0. The Kier molecular flexibility index (Phi) is 4.33. The standard InChI is InChI=1S/C13H15BrN2/c1-3-11-10(6-8-15)5-7-13(14,4-2)12(11)9-16/h5,7,10H,3-4,6H2,1-2H3. The van der Waals surface area contributed by atoms with Gasteiger partial charge in [-0.2, -0.15) is 10.5 Å². The number of nitriles is 2. The van der Waals surface area contributed by atoms with Gasteiger partial charge in [-0.1, -0.05) is 41.9 Å². The normalized spacial score (nSPS) is 28.7. The number of alkyl halides is 1. The molecular weight excluding hydrogens is 264 g/mol. The average Bonchev–Trinajstić information content (AvgIpc) is 2.31. The molecule has 0 saturated carbocycles. The van der Waals surface area contributed by atoms with E-state index in [2.05, 4.69) is 34.1 Å². The molecule has 0 aliphatic heterocycles. The van der Waals surface area contributed by atoms with Crippen LogP contribution in [0.2, 0.25) is 0 Å². The molecule has 0 fully saturated rings. The van der Waals surface area contributed by atoms with E-state index < -0.39 is 0 Å². The molecule has 0 aromatic carbocycles. The molecule has 1 aliphatic rings. The molecule has 0 saturated heterocycles. The van der Waals surface area contributed by atoms with Crippen LogP contribution < -0.4 is 0 Å². The van der Waals surface area contributed by atoms with E-state index in [1.54, 1.807) is 0 Å². The first kappa shape index (κ1) is 13.0. The van der Waals surface area contributed by atoms with Crippen molar-refractivity contribution < 1.29 is 0 Å². The quantitative estimate of drug-likeness (QED) is 0.581. The Balaban J connectivity index is 3.22. The SMILES string of the molecule is CCC1=C(C#N)C(Br)(CC)C=CC1CC#N. The molecule has 0 heterocycles. The highest BCUT2D eigenvalue weighted by atomic mass is 79.9. The highest BCUT2D eigenvalue weighted by Gasteiger charge is 2.34. The smallest absolute Gasteiger partial charge is 0.0965 e. The van der Waals surface area contributed by atoms with E-state index in [4.69, 9.17) is 5.26 Å². The molecule has 0 aromatic rings. The third-order valence-corrected chi connectivity index (χ3v) is 4.32. The zero-order chi connectivity index (χ0) is 12.2. The van der Waals surface area contributed by atoms with Crippen LogP contribution in [-0.4, -0.2) is 4.32 Å². The van der Waals surface area contributed by atoms with Crippen LogP contribution in [0, 0.1) is 28.6 Å². The predicted octanol–water partition coefficient (Wildman–Crippen LogP) is 3.86. The predicted molar refractivity (Wildman–Crippen MR) is 67.7 cm³/mol. The lowest BCUT2D eigenvalue weighted by atomic mass is 9.79. The molecule has 2 atom stereocenters. The molecule has 2 unspecified atom stereocenters. The van der Waals surface area contributed by atoms with E-state index in [1.807, 2.05) is 19.9 Å². The molecule has 0 amide bonds. The summed E-state index contributed by atoms with van der Waals surface area (Å²) in [5, 5.41) is 18.1. The van der Waals surface area contributed by atoms with E-state index in [1.165, 1.54) is 0 Å². The average molecular weight is 279 g/mol. The van der Waals surface area contributed by atoms with Crippen molar-refractivity contribution in [1.29, 1.82) is 10.5 Å². The molecule has 2 nitrogen and oxygen atoms in total. The number of rotatable bonds is 3. The van der Waals surface area contributed by atoms with Crippen LogP contribution in [0.25, 0.3) is 0 Å². The Bertz CT molecular complexity index is 409. The second-order valence-electron chi connectivity index (χ2n) is 3.91. The number of nitrogens with zero attached hydrogens (tertiary/aromatic N) is 2. The Morgan fingerprint density at radius 3 is 2.56 bits per heavy atom. The maximum Gasteiger partial charge on any atom is 0.0965 e. The van der Waals surface area contributed by atoms with Crippen molar-refractivity contribution in [1.82, 2.24) is 0 Å². The van der Waals surface area contributed by atoms with Gasteiger partial charge in [-0.15, -0.1) is 0 Å². The zero-order valence-corrected chi connectivity index (χ0v) is 11.2. The van der Waals surface area contributed by atoms with Crippen molar-refractivity contribution in [2.75, 3.05) is 0 Å². The number of halogens is 1. The van der Waals surface area contributed by atoms with Crippen molar-refractivity contribution in [3.05, 3.63) is 23.3 Å². The second-order valence-corrected chi connectivity index (χ2v) is 5.32. The van der Waals surface area contributed by atoms with Crippen LogP contribution in [0.4, 0.5) is 0 Å². The fourth-order valence-electron chi connectivity index (χ4n) is 2.11. The van der Waals surface area contributed by atoms with Gasteiger partial charge in [-0.3, -0.25) is 0 Å². The largest absolute Gasteiger partial charge is 0.198 e. The minimum absolute atomic E-state index is 0.113. The fourth-order valence-corrected chi connectivity index (χ4v) is 2.60. The topological polar surface area (TPSA) is 47.6 Å². The van der Waals surface area contributed by atoms with Gasteiger partial charge in [0.15, 0.2) is 0 Å². The maximum atomic E-state index is 9.29. The molecule has 0 radical (unpaired) electrons. The van der Waals surface area contributed by atoms with Gasteiger partial charge in [0.05, 0.1) is 16.5 Å². The lowest BCUT2D eigenvalue weighted by Crippen LogP contribution is -2.26. The molecule has 0 N–H and O–H groups in total. The third kappa shape index (κ3) is 2.20. The minimum atomic E-state index is -0.320. The minimum Gasteiger partial charge on any atom is -0.198 e. The zero-order valence-electron chi connectivity index (χ0n) is 9.63. The van der Waals surface area contributed by atoms with Gasteiger partial charge in [0, 0.05) is 17.9 Å². The molecular formula is C13H15BrN2. The van der Waals surface area contributed by atoms with Crippen molar-refractivity contribution in [2.24, 2.45) is 5.92 Å². The molecule has 3 heteroatoms. The van der Waals surface area contributed by atoms with Crippen LogP contribution in [-0.2, 0) is 0 Å². The van der Waals surface area contributed by atoms with Gasteiger partial charge in [0.2, 0.25) is 0 Å². The molecule has 1 rings (SSSR count). The summed E-state index contributed by atoms with van der Waals surface area (Å²) in [5.41, 5.74) is 1.89. The van der Waals surface area contributed by atoms with Crippen molar-refractivity contribution in [3.8, 4) is 12.1 Å². The van der Waals surface area contributed by atoms with Crippen LogP contribution in [0.1, 0.15) is 33.1 Å².